The molecule has 1 aliphatic rings. The molecule has 1 aliphatic carbocycles. The number of aryl methyl sites for hydroxylation is 1. The van der Waals surface area contributed by atoms with Crippen LogP contribution in [0.5, 0.6) is 0 Å². The fourth-order valence-electron chi connectivity index (χ4n) is 5.07. The molecule has 4 heteroatoms. The Labute approximate surface area is 235 Å². The summed E-state index contributed by atoms with van der Waals surface area (Å²) >= 11 is 0. The monoisotopic (exact) mass is 537 g/mol. The Morgan fingerprint density at radius 2 is 1.18 bits per heavy atom. The Bertz CT molecular complexity index is 1870. The van der Waals surface area contributed by atoms with Crippen LogP contribution in [0.2, 0.25) is 0 Å². The first-order valence-corrected chi connectivity index (χ1v) is 14.6. The molecular formula is C36H27NO2S. The van der Waals surface area contributed by atoms with E-state index in [1.165, 1.54) is 0 Å². The van der Waals surface area contributed by atoms with Crippen LogP contribution in [0.15, 0.2) is 154 Å². The molecule has 0 spiro atoms. The summed E-state index contributed by atoms with van der Waals surface area (Å²) < 4.78 is 32.2. The lowest BCUT2D eigenvalue weighted by atomic mass is 9.89. The highest BCUT2D eigenvalue weighted by atomic mass is 32.2. The van der Waals surface area contributed by atoms with Crippen LogP contribution < -0.4 is 0 Å². The van der Waals surface area contributed by atoms with E-state index in [4.69, 9.17) is 0 Å². The fraction of sp³-hybridized carbons (Fsp3) is 0.0278. The van der Waals surface area contributed by atoms with Crippen molar-refractivity contribution in [3.05, 3.63) is 178 Å². The molecule has 0 atom stereocenters. The van der Waals surface area contributed by atoms with Crippen molar-refractivity contribution in [2.75, 3.05) is 0 Å². The van der Waals surface area contributed by atoms with Crippen LogP contribution in [-0.4, -0.2) is 14.1 Å². The lowest BCUT2D eigenvalue weighted by Crippen LogP contribution is -2.09. The first-order valence-electron chi connectivity index (χ1n) is 13.2. The molecule has 0 unspecified atom stereocenters. The van der Waals surface area contributed by atoms with Gasteiger partial charge in [-0.05, 0) is 58.5 Å². The Balaban J connectivity index is 1.70. The van der Waals surface area contributed by atoms with Crippen molar-refractivity contribution in [3.63, 3.8) is 0 Å². The minimum atomic E-state index is -4.00. The van der Waals surface area contributed by atoms with Gasteiger partial charge in [-0.15, -0.1) is 0 Å². The van der Waals surface area contributed by atoms with Crippen LogP contribution in [0, 0.1) is 6.92 Å². The Kier molecular flexibility index (Phi) is 6.85. The van der Waals surface area contributed by atoms with Gasteiger partial charge in [0.1, 0.15) is 0 Å². The standard InChI is InChI=1S/C36H27NO2S/c1-26-21-23-30(24-22-26)40(38,39)37-36-32-20-12-11-19-31(32)34(29-17-9-4-10-18-29)35(36)33(28-15-7-3-8-16-28)25-27-13-5-2-6-14-27/h2-25H,1H3/b33-25+,37-36+. The summed E-state index contributed by atoms with van der Waals surface area (Å²) in [5.74, 6) is 0. The average Bonchev–Trinajstić information content (AvgIpc) is 3.30. The maximum atomic E-state index is 13.8. The molecule has 0 fully saturated rings. The van der Waals surface area contributed by atoms with Crippen LogP contribution in [-0.2, 0) is 10.0 Å². The molecule has 40 heavy (non-hydrogen) atoms. The summed E-state index contributed by atoms with van der Waals surface area (Å²) in [5, 5.41) is 0. The number of hydrogen-bond donors (Lipinski definition) is 0. The second-order valence-electron chi connectivity index (χ2n) is 9.72. The molecule has 0 aliphatic heterocycles. The van der Waals surface area contributed by atoms with E-state index in [0.717, 1.165) is 50.1 Å². The van der Waals surface area contributed by atoms with Crippen LogP contribution in [0.1, 0.15) is 33.4 Å². The van der Waals surface area contributed by atoms with E-state index in [1.807, 2.05) is 97.9 Å². The summed E-state index contributed by atoms with van der Waals surface area (Å²) in [6, 6.07) is 45.1. The van der Waals surface area contributed by atoms with Crippen molar-refractivity contribution >= 4 is 33.0 Å². The summed E-state index contributed by atoms with van der Waals surface area (Å²) in [6.07, 6.45) is 2.12. The van der Waals surface area contributed by atoms with Crippen molar-refractivity contribution in [3.8, 4) is 0 Å². The first-order chi connectivity index (χ1) is 19.5. The third-order valence-corrected chi connectivity index (χ3v) is 8.29. The molecule has 6 rings (SSSR count). The minimum absolute atomic E-state index is 0.170. The lowest BCUT2D eigenvalue weighted by molar-refractivity contribution is 0.598. The smallest absolute Gasteiger partial charge is 0.199 e. The van der Waals surface area contributed by atoms with E-state index in [1.54, 1.807) is 24.3 Å². The summed E-state index contributed by atoms with van der Waals surface area (Å²) in [7, 11) is -4.00. The molecule has 3 nitrogen and oxygen atoms in total. The fourth-order valence-corrected chi connectivity index (χ4v) is 6.09. The molecule has 0 N–H and O–H groups in total. The van der Waals surface area contributed by atoms with E-state index in [9.17, 15) is 8.42 Å². The Morgan fingerprint density at radius 3 is 1.82 bits per heavy atom. The number of hydrogen-bond acceptors (Lipinski definition) is 2. The van der Waals surface area contributed by atoms with E-state index in [0.29, 0.717) is 5.71 Å². The highest BCUT2D eigenvalue weighted by Gasteiger charge is 2.33. The number of allylic oxidation sites excluding steroid dienone is 2. The molecule has 0 aromatic heterocycles. The zero-order valence-corrected chi connectivity index (χ0v) is 22.8. The van der Waals surface area contributed by atoms with Gasteiger partial charge in [0.15, 0.2) is 0 Å². The van der Waals surface area contributed by atoms with Gasteiger partial charge in [-0.25, -0.2) is 0 Å². The summed E-state index contributed by atoms with van der Waals surface area (Å²) in [6.45, 7) is 1.93. The summed E-state index contributed by atoms with van der Waals surface area (Å²) in [5.41, 5.74) is 8.82. The van der Waals surface area contributed by atoms with Crippen molar-refractivity contribution < 1.29 is 8.42 Å². The molecule has 0 saturated heterocycles. The maximum absolute atomic E-state index is 13.8. The van der Waals surface area contributed by atoms with Crippen LogP contribution in [0.25, 0.3) is 17.2 Å². The van der Waals surface area contributed by atoms with E-state index >= 15 is 0 Å². The third kappa shape index (κ3) is 4.97. The van der Waals surface area contributed by atoms with Gasteiger partial charge in [-0.2, -0.15) is 12.8 Å². The predicted octanol–water partition coefficient (Wildman–Crippen LogP) is 8.23. The van der Waals surface area contributed by atoms with Crippen molar-refractivity contribution in [2.45, 2.75) is 11.8 Å². The van der Waals surface area contributed by atoms with Gasteiger partial charge >= 0.3 is 0 Å². The number of sulfonamides is 1. The molecule has 0 saturated carbocycles. The quantitative estimate of drug-likeness (QED) is 0.205. The molecule has 5 aromatic rings. The molecule has 5 aromatic carbocycles. The molecular weight excluding hydrogens is 510 g/mol. The maximum Gasteiger partial charge on any atom is 0.282 e. The van der Waals surface area contributed by atoms with Crippen LogP contribution >= 0.6 is 0 Å². The number of fused-ring (bicyclic) bond motifs is 1. The van der Waals surface area contributed by atoms with Gasteiger partial charge in [0.25, 0.3) is 10.0 Å². The highest BCUT2D eigenvalue weighted by Crippen LogP contribution is 2.44. The van der Waals surface area contributed by atoms with Gasteiger partial charge in [0.05, 0.1) is 10.6 Å². The molecule has 194 valence electrons. The van der Waals surface area contributed by atoms with Gasteiger partial charge < -0.3 is 0 Å². The number of rotatable bonds is 6. The van der Waals surface area contributed by atoms with E-state index in [-0.39, 0.29) is 4.90 Å². The predicted molar refractivity (Wildman–Crippen MR) is 165 cm³/mol. The van der Waals surface area contributed by atoms with Crippen molar-refractivity contribution in [1.82, 2.24) is 0 Å². The normalized spacial score (nSPS) is 14.4. The van der Waals surface area contributed by atoms with Crippen LogP contribution in [0.3, 0.4) is 0 Å². The second kappa shape index (κ2) is 10.8. The summed E-state index contributed by atoms with van der Waals surface area (Å²) in [4.78, 5) is 0.170. The Morgan fingerprint density at radius 1 is 0.625 bits per heavy atom. The van der Waals surface area contributed by atoms with Crippen LogP contribution in [0.4, 0.5) is 0 Å². The zero-order valence-electron chi connectivity index (χ0n) is 22.0. The van der Waals surface area contributed by atoms with Crippen molar-refractivity contribution in [2.24, 2.45) is 4.40 Å². The van der Waals surface area contributed by atoms with Gasteiger partial charge in [-0.1, -0.05) is 133 Å². The molecule has 0 radical (unpaired) electrons. The van der Waals surface area contributed by atoms with E-state index in [2.05, 4.69) is 34.7 Å². The molecule has 0 bridgehead atoms. The molecule has 0 amide bonds. The zero-order chi connectivity index (χ0) is 27.5. The minimum Gasteiger partial charge on any atom is -0.199 e. The number of nitrogens with zero attached hydrogens (tertiary/aromatic N) is 1. The molecule has 0 heterocycles. The average molecular weight is 538 g/mol. The largest absolute Gasteiger partial charge is 0.282 e. The Hall–Kier alpha value is -4.80. The van der Waals surface area contributed by atoms with Gasteiger partial charge in [0, 0.05) is 11.1 Å². The highest BCUT2D eigenvalue weighted by molar-refractivity contribution is 7.90. The third-order valence-electron chi connectivity index (χ3n) is 7.00. The number of benzene rings is 5. The van der Waals surface area contributed by atoms with Gasteiger partial charge in [-0.3, -0.25) is 0 Å². The SMILES string of the molecule is Cc1ccc(S(=O)(=O)/N=C2/C(/C(=C/c3ccccc3)c3ccccc3)=C(c3ccccc3)c3ccccc32)cc1. The van der Waals surface area contributed by atoms with E-state index < -0.39 is 10.0 Å². The van der Waals surface area contributed by atoms with Gasteiger partial charge in [0.2, 0.25) is 0 Å². The van der Waals surface area contributed by atoms with Crippen molar-refractivity contribution in [1.29, 1.82) is 0 Å². The topological polar surface area (TPSA) is 46.5 Å². The lowest BCUT2D eigenvalue weighted by Gasteiger charge is -2.15. The first kappa shape index (κ1) is 25.5. The second-order valence-corrected chi connectivity index (χ2v) is 11.3.